The molecule has 0 saturated heterocycles. The van der Waals surface area contributed by atoms with Gasteiger partial charge >= 0.3 is 0 Å². The zero-order valence-corrected chi connectivity index (χ0v) is 8.28. The Hall–Kier alpha value is -1.11. The maximum absolute atomic E-state index is 11.9. The van der Waals surface area contributed by atoms with E-state index in [1.165, 1.54) is 0 Å². The van der Waals surface area contributed by atoms with Crippen molar-refractivity contribution < 1.29 is 6.17 Å². The molecule has 1 aliphatic carbocycles. The molecule has 14 heavy (non-hydrogen) atoms. The molecule has 0 heterocycles. The van der Waals surface area contributed by atoms with Crippen LogP contribution in [0.4, 0.5) is 0 Å². The van der Waals surface area contributed by atoms with Gasteiger partial charge in [0.1, 0.15) is 5.78 Å². The van der Waals surface area contributed by atoms with E-state index in [0.717, 1.165) is 24.8 Å². The largest absolute Gasteiger partial charge is 0.299 e. The third kappa shape index (κ3) is 2.22. The zero-order chi connectivity index (χ0) is 10.7. The minimum absolute atomic E-state index is 0.00907. The van der Waals surface area contributed by atoms with Crippen LogP contribution < -0.4 is 0 Å². The Balaban J connectivity index is 1.98. The summed E-state index contributed by atoms with van der Waals surface area (Å²) in [6, 6.07) is 9.82. The maximum Gasteiger partial charge on any atom is 0.140 e. The molecule has 0 bridgehead atoms. The fourth-order valence-corrected chi connectivity index (χ4v) is 2.00. The Labute approximate surface area is 86.5 Å². The molecule has 1 nitrogen and oxygen atoms in total. The van der Waals surface area contributed by atoms with E-state index in [9.17, 15) is 4.79 Å². The lowest BCUT2D eigenvalue weighted by Crippen LogP contribution is -2.13. The molecule has 2 atom stereocenters. The van der Waals surface area contributed by atoms with E-state index >= 15 is 0 Å². The average molecular weight is 189 g/mol. The van der Waals surface area contributed by atoms with Crippen LogP contribution in [-0.2, 0) is 11.2 Å². The van der Waals surface area contributed by atoms with Crippen LogP contribution in [-0.4, -0.2) is 5.78 Å². The molecule has 1 aliphatic rings. The normalized spacial score (nSPS) is 27.3. The Morgan fingerprint density at radius 1 is 1.36 bits per heavy atom. The van der Waals surface area contributed by atoms with Gasteiger partial charge in [-0.15, -0.1) is 0 Å². The van der Waals surface area contributed by atoms with Gasteiger partial charge in [0.15, 0.2) is 0 Å². The minimum atomic E-state index is -0.152. The standard InChI is InChI=1S/C13H16O/c14-13(12-8-4-5-9-12)10-11-6-2-1-3-7-11/h1-3,6-7,12H,4-5,8-10H2/i8D. The van der Waals surface area contributed by atoms with Crippen LogP contribution >= 0.6 is 0 Å². The number of benzene rings is 1. The smallest absolute Gasteiger partial charge is 0.140 e. The van der Waals surface area contributed by atoms with E-state index in [1.807, 2.05) is 30.3 Å². The lowest BCUT2D eigenvalue weighted by molar-refractivity contribution is -0.122. The molecule has 1 heteroatoms. The van der Waals surface area contributed by atoms with E-state index in [4.69, 9.17) is 1.37 Å². The molecular weight excluding hydrogens is 172 g/mol. The van der Waals surface area contributed by atoms with E-state index in [0.29, 0.717) is 6.42 Å². The number of hydrogen-bond donors (Lipinski definition) is 0. The predicted octanol–water partition coefficient (Wildman–Crippen LogP) is 2.99. The van der Waals surface area contributed by atoms with Crippen LogP contribution in [0.2, 0.25) is 0 Å². The van der Waals surface area contributed by atoms with Gasteiger partial charge in [-0.05, 0) is 18.4 Å². The van der Waals surface area contributed by atoms with Crippen molar-refractivity contribution >= 4 is 5.78 Å². The van der Waals surface area contributed by atoms with Crippen molar-refractivity contribution in [3.8, 4) is 0 Å². The summed E-state index contributed by atoms with van der Waals surface area (Å²) in [5.74, 6) is 0.240. The molecule has 0 amide bonds. The second kappa shape index (κ2) is 4.41. The van der Waals surface area contributed by atoms with Gasteiger partial charge in [0.05, 0.1) is 0 Å². The second-order valence-electron chi connectivity index (χ2n) is 3.90. The second-order valence-corrected chi connectivity index (χ2v) is 3.90. The average Bonchev–Trinajstić information content (AvgIpc) is 2.66. The van der Waals surface area contributed by atoms with Gasteiger partial charge in [0, 0.05) is 13.7 Å². The van der Waals surface area contributed by atoms with Gasteiger partial charge < -0.3 is 0 Å². The van der Waals surface area contributed by atoms with Crippen LogP contribution in [0.15, 0.2) is 30.3 Å². The van der Waals surface area contributed by atoms with Gasteiger partial charge in [-0.1, -0.05) is 43.2 Å². The van der Waals surface area contributed by atoms with Crippen LogP contribution in [0.25, 0.3) is 0 Å². The quantitative estimate of drug-likeness (QED) is 0.714. The lowest BCUT2D eigenvalue weighted by Gasteiger charge is -2.07. The molecule has 0 aliphatic heterocycles. The van der Waals surface area contributed by atoms with Crippen LogP contribution in [0.5, 0.6) is 0 Å². The van der Waals surface area contributed by atoms with Crippen LogP contribution in [0.3, 0.4) is 0 Å². The first-order chi connectivity index (χ1) is 7.27. The summed E-state index contributed by atoms with van der Waals surface area (Å²) in [5.41, 5.74) is 1.07. The molecule has 2 unspecified atom stereocenters. The highest BCUT2D eigenvalue weighted by molar-refractivity contribution is 5.83. The Kier molecular flexibility index (Phi) is 2.59. The van der Waals surface area contributed by atoms with Crippen molar-refractivity contribution in [2.75, 3.05) is 0 Å². The highest BCUT2D eigenvalue weighted by Crippen LogP contribution is 2.26. The summed E-state index contributed by atoms with van der Waals surface area (Å²) in [7, 11) is 0. The lowest BCUT2D eigenvalue weighted by atomic mass is 9.97. The molecule has 0 aromatic heterocycles. The first kappa shape index (κ1) is 8.22. The summed E-state index contributed by atoms with van der Waals surface area (Å²) in [6.45, 7) is 0. The van der Waals surface area contributed by atoms with Gasteiger partial charge in [-0.2, -0.15) is 0 Å². The summed E-state index contributed by atoms with van der Waals surface area (Å²) in [4.78, 5) is 11.9. The number of carbonyl (C=O) groups excluding carboxylic acids is 1. The van der Waals surface area contributed by atoms with Crippen molar-refractivity contribution in [3.63, 3.8) is 0 Å². The van der Waals surface area contributed by atoms with Crippen LogP contribution in [0, 0.1) is 5.92 Å². The first-order valence-electron chi connectivity index (χ1n) is 5.84. The van der Waals surface area contributed by atoms with Crippen molar-refractivity contribution in [2.45, 2.75) is 32.1 Å². The molecule has 1 aromatic rings. The first-order valence-corrected chi connectivity index (χ1v) is 5.26. The van der Waals surface area contributed by atoms with Gasteiger partial charge in [0.25, 0.3) is 0 Å². The summed E-state index contributed by atoms with van der Waals surface area (Å²) in [5, 5.41) is 0. The molecule has 1 saturated carbocycles. The van der Waals surface area contributed by atoms with E-state index in [1.54, 1.807) is 0 Å². The number of ketones is 1. The molecule has 1 fully saturated rings. The Bertz CT molecular complexity index is 334. The summed E-state index contributed by atoms with van der Waals surface area (Å²) >= 11 is 0. The van der Waals surface area contributed by atoms with Crippen molar-refractivity contribution in [3.05, 3.63) is 35.9 Å². The zero-order valence-electron chi connectivity index (χ0n) is 9.28. The minimum Gasteiger partial charge on any atom is -0.299 e. The third-order valence-corrected chi connectivity index (χ3v) is 2.81. The topological polar surface area (TPSA) is 17.1 Å². The molecule has 0 N–H and O–H groups in total. The van der Waals surface area contributed by atoms with Crippen molar-refractivity contribution in [1.82, 2.24) is 0 Å². The van der Waals surface area contributed by atoms with Crippen molar-refractivity contribution in [2.24, 2.45) is 5.92 Å². The molecule has 2 rings (SSSR count). The molecule has 1 aromatic carbocycles. The summed E-state index contributed by atoms with van der Waals surface area (Å²) < 4.78 is 7.76. The highest BCUT2D eigenvalue weighted by Gasteiger charge is 2.22. The Morgan fingerprint density at radius 2 is 2.14 bits per heavy atom. The van der Waals surface area contributed by atoms with Gasteiger partial charge in [-0.25, -0.2) is 0 Å². The van der Waals surface area contributed by atoms with Gasteiger partial charge in [-0.3, -0.25) is 4.79 Å². The molecule has 0 radical (unpaired) electrons. The van der Waals surface area contributed by atoms with Crippen molar-refractivity contribution in [1.29, 1.82) is 0 Å². The monoisotopic (exact) mass is 189 g/mol. The fourth-order valence-electron chi connectivity index (χ4n) is 2.00. The number of rotatable bonds is 3. The maximum atomic E-state index is 11.9. The SMILES string of the molecule is [2H]C1CCCC1C(=O)Cc1ccccc1. The fraction of sp³-hybridized carbons (Fsp3) is 0.462. The third-order valence-electron chi connectivity index (χ3n) is 2.81. The van der Waals surface area contributed by atoms with Gasteiger partial charge in [0.2, 0.25) is 0 Å². The molecule has 74 valence electrons. The van der Waals surface area contributed by atoms with E-state index in [-0.39, 0.29) is 18.1 Å². The highest BCUT2D eigenvalue weighted by atomic mass is 16.1. The number of hydrogen-bond acceptors (Lipinski definition) is 1. The summed E-state index contributed by atoms with van der Waals surface area (Å²) in [6.07, 6.45) is 3.20. The Morgan fingerprint density at radius 3 is 2.79 bits per heavy atom. The van der Waals surface area contributed by atoms with Crippen LogP contribution in [0.1, 0.15) is 32.6 Å². The van der Waals surface area contributed by atoms with E-state index in [2.05, 4.69) is 0 Å². The predicted molar refractivity (Wildman–Crippen MR) is 57.1 cm³/mol. The molecular formula is C13H16O. The molecule has 0 spiro atoms. The van der Waals surface area contributed by atoms with E-state index < -0.39 is 0 Å². The number of carbonyl (C=O) groups is 1. The number of Topliss-reactive ketones (excluding diaryl/α,β-unsaturated/α-hetero) is 1.